The van der Waals surface area contributed by atoms with Crippen molar-refractivity contribution in [3.8, 4) is 0 Å². The van der Waals surface area contributed by atoms with E-state index in [1.807, 2.05) is 41.5 Å². The molecule has 46 heavy (non-hydrogen) atoms. The molecule has 0 radical (unpaired) electrons. The Kier molecular flexibility index (Phi) is 16.8. The molecule has 1 fully saturated rings. The highest BCUT2D eigenvalue weighted by atomic mass is 16.5. The minimum Gasteiger partial charge on any atom is -0.468 e. The van der Waals surface area contributed by atoms with Crippen LogP contribution in [0.3, 0.4) is 0 Å². The molecule has 11 heteroatoms. The maximum atomic E-state index is 14.2. The van der Waals surface area contributed by atoms with E-state index in [4.69, 9.17) is 15.6 Å². The number of ketones is 2. The summed E-state index contributed by atoms with van der Waals surface area (Å²) in [6.07, 6.45) is 1.14. The van der Waals surface area contributed by atoms with Crippen LogP contribution in [0.25, 0.3) is 0 Å². The smallest absolute Gasteiger partial charge is 0.319 e. The number of hydrogen-bond acceptors (Lipinski definition) is 9. The zero-order valence-electron chi connectivity index (χ0n) is 31.5. The van der Waals surface area contributed by atoms with E-state index in [1.54, 1.807) is 42.8 Å². The number of hydrogen-bond donors (Lipinski definition) is 0. The van der Waals surface area contributed by atoms with Crippen molar-refractivity contribution >= 4 is 29.4 Å². The summed E-state index contributed by atoms with van der Waals surface area (Å²) in [5, 5.41) is 0. The van der Waals surface area contributed by atoms with Gasteiger partial charge < -0.3 is 24.0 Å². The van der Waals surface area contributed by atoms with E-state index in [0.29, 0.717) is 13.0 Å². The Labute approximate surface area is 279 Å². The Balaban J connectivity index is 3.29. The monoisotopic (exact) mass is 654 g/mol. The van der Waals surface area contributed by atoms with Gasteiger partial charge in [0.2, 0.25) is 11.8 Å². The lowest BCUT2D eigenvalue weighted by molar-refractivity contribution is -0.149. The number of likely N-dealkylation sites (N-methyl/N-ethyl adjacent to an activating group) is 2. The molecule has 0 saturated carbocycles. The van der Waals surface area contributed by atoms with Crippen molar-refractivity contribution in [3.05, 3.63) is 0 Å². The molecule has 0 aromatic rings. The molecule has 0 unspecified atom stereocenters. The summed E-state index contributed by atoms with van der Waals surface area (Å²) in [5.41, 5.74) is 0. The standard InChI is InChI=1S/C35H63N3O8/c1-14-23(6)33(29(44-11)19-30(41)38-17-15-16-27(38)34(46-13)24(7)25(8)39)37(10)35(43)26(21(2)3)18-28(40)32(22(4)5)36(9)20-31(42)45-12/h21-24,26-27,29,32-34H,14-20H2,1-13H3/t23-,24-,26-,27-,29+,32-,33-,34+/m0/s1/i8D. The van der Waals surface area contributed by atoms with Crippen LogP contribution in [-0.2, 0) is 38.2 Å². The van der Waals surface area contributed by atoms with E-state index in [2.05, 4.69) is 0 Å². The number of carbonyl (C=O) groups is 5. The molecule has 11 nitrogen and oxygen atoms in total. The van der Waals surface area contributed by atoms with Crippen molar-refractivity contribution < 1.29 is 39.6 Å². The van der Waals surface area contributed by atoms with Crippen LogP contribution in [0.2, 0.25) is 0 Å². The van der Waals surface area contributed by atoms with Crippen molar-refractivity contribution in [1.29, 1.82) is 0 Å². The van der Waals surface area contributed by atoms with Crippen molar-refractivity contribution in [3.63, 3.8) is 0 Å². The largest absolute Gasteiger partial charge is 0.468 e. The fraction of sp³-hybridized carbons (Fsp3) is 0.857. The van der Waals surface area contributed by atoms with Crippen LogP contribution in [0.15, 0.2) is 0 Å². The van der Waals surface area contributed by atoms with Gasteiger partial charge in [-0.05, 0) is 44.5 Å². The molecule has 266 valence electrons. The van der Waals surface area contributed by atoms with E-state index in [9.17, 15) is 24.0 Å². The van der Waals surface area contributed by atoms with Crippen LogP contribution in [0, 0.1) is 29.6 Å². The summed E-state index contributed by atoms with van der Waals surface area (Å²) in [5.74, 6) is -2.47. The number of nitrogens with zero attached hydrogens (tertiary/aromatic N) is 3. The summed E-state index contributed by atoms with van der Waals surface area (Å²) in [4.78, 5) is 71.3. The van der Waals surface area contributed by atoms with Crippen LogP contribution in [0.5, 0.6) is 0 Å². The Morgan fingerprint density at radius 2 is 1.57 bits per heavy atom. The minimum absolute atomic E-state index is 0.0160. The van der Waals surface area contributed by atoms with Crippen LogP contribution >= 0.6 is 0 Å². The van der Waals surface area contributed by atoms with Crippen LogP contribution in [-0.4, -0.2) is 123 Å². The Morgan fingerprint density at radius 1 is 0.935 bits per heavy atom. The fourth-order valence-corrected chi connectivity index (χ4v) is 7.04. The number of Topliss-reactive ketones (excluding diaryl/α,β-unsaturated/α-hetero) is 2. The Bertz CT molecular complexity index is 1040. The highest BCUT2D eigenvalue weighted by Gasteiger charge is 2.42. The second-order valence-electron chi connectivity index (χ2n) is 13.8. The third kappa shape index (κ3) is 10.8. The molecule has 2 amide bonds. The highest BCUT2D eigenvalue weighted by Crippen LogP contribution is 2.31. The molecule has 0 aliphatic carbocycles. The quantitative estimate of drug-likeness (QED) is 0.180. The molecule has 1 rings (SSSR count). The molecule has 1 heterocycles. The summed E-state index contributed by atoms with van der Waals surface area (Å²) < 4.78 is 24.0. The topological polar surface area (TPSA) is 123 Å². The molecular weight excluding hydrogens is 590 g/mol. The van der Waals surface area contributed by atoms with Crippen molar-refractivity contribution in [1.82, 2.24) is 14.7 Å². The second kappa shape index (κ2) is 19.5. The first-order chi connectivity index (χ1) is 22.0. The van der Waals surface area contributed by atoms with Gasteiger partial charge in [-0.2, -0.15) is 0 Å². The van der Waals surface area contributed by atoms with Gasteiger partial charge >= 0.3 is 5.97 Å². The molecule has 0 aromatic carbocycles. The number of likely N-dealkylation sites (tertiary alicyclic amines) is 1. The van der Waals surface area contributed by atoms with Gasteiger partial charge in [-0.1, -0.05) is 54.9 Å². The molecular formula is C35H63N3O8. The summed E-state index contributed by atoms with van der Waals surface area (Å²) in [7, 11) is 7.84. The van der Waals surface area contributed by atoms with Gasteiger partial charge in [-0.15, -0.1) is 0 Å². The Morgan fingerprint density at radius 3 is 2.04 bits per heavy atom. The van der Waals surface area contributed by atoms with Crippen molar-refractivity contribution in [2.75, 3.05) is 48.5 Å². The SMILES string of the molecule is [2H]CC(=O)[C@H](C)[C@@H](OC)[C@@H]1CCCN1C(=O)C[C@@H](OC)[C@H]([C@@H](C)CC)N(C)C(=O)[C@@H](CC(=O)[C@H](C(C)C)N(C)CC(=O)OC)C(C)C. The molecule has 0 spiro atoms. The average molecular weight is 655 g/mol. The van der Waals surface area contributed by atoms with E-state index in [-0.39, 0.29) is 73.5 Å². The summed E-state index contributed by atoms with van der Waals surface area (Å²) in [6, 6.07) is -1.30. The van der Waals surface area contributed by atoms with Gasteiger partial charge in [0.25, 0.3) is 0 Å². The minimum atomic E-state index is -0.612. The van der Waals surface area contributed by atoms with Gasteiger partial charge in [-0.3, -0.25) is 28.9 Å². The summed E-state index contributed by atoms with van der Waals surface area (Å²) in [6.45, 7) is 13.7. The van der Waals surface area contributed by atoms with E-state index < -0.39 is 42.1 Å². The lowest BCUT2D eigenvalue weighted by atomic mass is 9.83. The predicted octanol–water partition coefficient (Wildman–Crippen LogP) is 3.86. The van der Waals surface area contributed by atoms with E-state index >= 15 is 0 Å². The third-order valence-corrected chi connectivity index (χ3v) is 9.94. The van der Waals surface area contributed by atoms with Crippen molar-refractivity contribution in [2.24, 2.45) is 29.6 Å². The average Bonchev–Trinajstić information content (AvgIpc) is 3.51. The number of ether oxygens (including phenoxy) is 3. The first kappa shape index (κ1) is 39.8. The number of amides is 2. The van der Waals surface area contributed by atoms with Crippen molar-refractivity contribution in [2.45, 2.75) is 118 Å². The van der Waals surface area contributed by atoms with Crippen LogP contribution in [0.4, 0.5) is 0 Å². The first-order valence-corrected chi connectivity index (χ1v) is 16.8. The van der Waals surface area contributed by atoms with Crippen LogP contribution < -0.4 is 0 Å². The molecule has 8 atom stereocenters. The van der Waals surface area contributed by atoms with E-state index in [1.165, 1.54) is 14.2 Å². The number of methoxy groups -OCH3 is 3. The van der Waals surface area contributed by atoms with E-state index in [0.717, 1.165) is 12.8 Å². The lowest BCUT2D eigenvalue weighted by Gasteiger charge is -2.41. The zero-order chi connectivity index (χ0) is 36.2. The molecule has 1 aliphatic heterocycles. The predicted molar refractivity (Wildman–Crippen MR) is 178 cm³/mol. The molecule has 0 bridgehead atoms. The maximum absolute atomic E-state index is 14.2. The lowest BCUT2D eigenvalue weighted by Crippen LogP contribution is -2.54. The maximum Gasteiger partial charge on any atom is 0.319 e. The number of carbonyl (C=O) groups excluding carboxylic acids is 5. The Hall–Kier alpha value is -2.37. The number of esters is 1. The first-order valence-electron chi connectivity index (χ1n) is 17.5. The molecule has 0 N–H and O–H groups in total. The fourth-order valence-electron chi connectivity index (χ4n) is 7.04. The molecule has 1 saturated heterocycles. The number of rotatable bonds is 20. The second-order valence-corrected chi connectivity index (χ2v) is 13.8. The normalized spacial score (nSPS) is 20.1. The van der Waals surface area contributed by atoms with Gasteiger partial charge in [0.1, 0.15) is 5.78 Å². The highest BCUT2D eigenvalue weighted by molar-refractivity contribution is 5.90. The van der Waals surface area contributed by atoms with Gasteiger partial charge in [0, 0.05) is 47.4 Å². The molecule has 0 aromatic heterocycles. The summed E-state index contributed by atoms with van der Waals surface area (Å²) >= 11 is 0. The molecule has 1 aliphatic rings. The van der Waals surface area contributed by atoms with Gasteiger partial charge in [0.05, 0.1) is 50.4 Å². The third-order valence-electron chi connectivity index (χ3n) is 9.94. The zero-order valence-corrected chi connectivity index (χ0v) is 30.5. The van der Waals surface area contributed by atoms with Gasteiger partial charge in [-0.25, -0.2) is 0 Å². The van der Waals surface area contributed by atoms with Crippen LogP contribution in [0.1, 0.15) is 88.8 Å². The van der Waals surface area contributed by atoms with Gasteiger partial charge in [0.15, 0.2) is 5.78 Å².